The Morgan fingerprint density at radius 3 is 2.65 bits per heavy atom. The largest absolute Gasteiger partial charge is 0.779 e. The molecule has 0 spiro atoms. The number of allylic oxidation sites excluding steroid dienone is 2. The number of fused-ring (bicyclic) bond motifs is 2. The van der Waals surface area contributed by atoms with E-state index >= 15 is 0 Å². The molecule has 10 heteroatoms. The minimum atomic E-state index is -3.97. The highest BCUT2D eigenvalue weighted by atomic mass is 31.2. The Hall–Kier alpha value is -4.03. The van der Waals surface area contributed by atoms with Crippen LogP contribution >= 0.6 is 7.60 Å². The van der Waals surface area contributed by atoms with Crippen molar-refractivity contribution in [3.63, 3.8) is 0 Å². The number of hydrogen-bond acceptors (Lipinski definition) is 7. The molecule has 1 unspecified atom stereocenters. The predicted molar refractivity (Wildman–Crippen MR) is 163 cm³/mol. The standard InChI is InChI=1S/C33H29N2O7P/c1-40-27-16-29(42-28(27)18-41-43(2,38)39)35-17-21(32(36)34-33(35)37)13-12-19-14-15-26-24-10-4-7-20-6-3-9-23(30(20)24)25-11-5-8-22(19)31(25)26/h3-7,9,11,14-15,17,27-29H,8,10,16,18H2,1-2H3,(H,38,39)(H,34,36,37)/p-1/t27-,28-,29-/m1/s1. The van der Waals surface area contributed by atoms with Crippen LogP contribution in [-0.2, 0) is 31.4 Å². The van der Waals surface area contributed by atoms with Gasteiger partial charge in [0, 0.05) is 32.0 Å². The van der Waals surface area contributed by atoms with E-state index in [1.807, 2.05) is 6.07 Å². The molecule has 2 heterocycles. The first-order valence-electron chi connectivity index (χ1n) is 14.1. The van der Waals surface area contributed by atoms with Gasteiger partial charge in [-0.15, -0.1) is 0 Å². The van der Waals surface area contributed by atoms with E-state index in [1.54, 1.807) is 0 Å². The molecule has 1 N–H and O–H groups in total. The number of aromatic nitrogens is 2. The van der Waals surface area contributed by atoms with Crippen LogP contribution < -0.4 is 16.1 Å². The molecule has 7 rings (SSSR count). The van der Waals surface area contributed by atoms with Crippen molar-refractivity contribution in [2.75, 3.05) is 20.4 Å². The third kappa shape index (κ3) is 4.92. The number of aromatic amines is 1. The molecule has 1 saturated heterocycles. The highest BCUT2D eigenvalue weighted by Gasteiger charge is 2.37. The third-order valence-corrected chi connectivity index (χ3v) is 9.01. The van der Waals surface area contributed by atoms with Crippen molar-refractivity contribution in [3.05, 3.63) is 103 Å². The van der Waals surface area contributed by atoms with Crippen molar-refractivity contribution in [1.29, 1.82) is 0 Å². The molecule has 1 aromatic heterocycles. The van der Waals surface area contributed by atoms with Crippen LogP contribution in [-0.4, -0.2) is 42.1 Å². The van der Waals surface area contributed by atoms with Gasteiger partial charge in [-0.2, -0.15) is 0 Å². The average Bonchev–Trinajstić information content (AvgIpc) is 3.41. The number of nitrogens with zero attached hydrogens (tertiary/aromatic N) is 1. The van der Waals surface area contributed by atoms with Gasteiger partial charge in [-0.1, -0.05) is 60.4 Å². The molecule has 0 radical (unpaired) electrons. The minimum absolute atomic E-state index is 0.108. The van der Waals surface area contributed by atoms with Crippen molar-refractivity contribution >= 4 is 41.3 Å². The Morgan fingerprint density at radius 2 is 1.84 bits per heavy atom. The van der Waals surface area contributed by atoms with E-state index in [-0.39, 0.29) is 18.6 Å². The quantitative estimate of drug-likeness (QED) is 0.211. The van der Waals surface area contributed by atoms with Crippen LogP contribution in [0.4, 0.5) is 0 Å². The summed E-state index contributed by atoms with van der Waals surface area (Å²) < 4.78 is 29.1. The highest BCUT2D eigenvalue weighted by molar-refractivity contribution is 7.50. The number of ether oxygens (including phenoxy) is 2. The van der Waals surface area contributed by atoms with E-state index < -0.39 is 37.3 Å². The second-order valence-corrected chi connectivity index (χ2v) is 12.9. The Balaban J connectivity index is 1.27. The summed E-state index contributed by atoms with van der Waals surface area (Å²) in [5, 5.41) is 4.93. The molecule has 4 atom stereocenters. The van der Waals surface area contributed by atoms with Crippen LogP contribution in [0.3, 0.4) is 0 Å². The molecular weight excluding hydrogens is 567 g/mol. The van der Waals surface area contributed by atoms with Gasteiger partial charge in [0.2, 0.25) is 0 Å². The van der Waals surface area contributed by atoms with Crippen molar-refractivity contribution in [3.8, 4) is 11.8 Å². The molecule has 0 bridgehead atoms. The summed E-state index contributed by atoms with van der Waals surface area (Å²) in [6, 6.07) is 10.6. The lowest BCUT2D eigenvalue weighted by atomic mass is 9.81. The highest BCUT2D eigenvalue weighted by Crippen LogP contribution is 2.42. The second kappa shape index (κ2) is 10.6. The topological polar surface area (TPSA) is 123 Å². The lowest BCUT2D eigenvalue weighted by Gasteiger charge is -2.23. The van der Waals surface area contributed by atoms with E-state index in [9.17, 15) is 19.0 Å². The molecule has 0 amide bonds. The number of methoxy groups -OCH3 is 1. The van der Waals surface area contributed by atoms with E-state index in [2.05, 4.69) is 65.4 Å². The fraction of sp³-hybridized carbons (Fsp3) is 0.273. The van der Waals surface area contributed by atoms with Gasteiger partial charge in [0.1, 0.15) is 25.5 Å². The monoisotopic (exact) mass is 595 g/mol. The first-order valence-corrected chi connectivity index (χ1v) is 16.1. The average molecular weight is 596 g/mol. The molecule has 0 saturated carbocycles. The maximum atomic E-state index is 12.8. The summed E-state index contributed by atoms with van der Waals surface area (Å²) in [7, 11) is -2.50. The van der Waals surface area contributed by atoms with Gasteiger partial charge in [0.25, 0.3) is 5.56 Å². The summed E-state index contributed by atoms with van der Waals surface area (Å²) in [5.41, 5.74) is 4.51. The second-order valence-electron chi connectivity index (χ2n) is 11.1. The number of hydrogen-bond donors (Lipinski definition) is 1. The van der Waals surface area contributed by atoms with Crippen molar-refractivity contribution in [2.45, 2.75) is 37.7 Å². The smallest absolute Gasteiger partial charge is 0.330 e. The molecule has 2 aliphatic carbocycles. The predicted octanol–water partition coefficient (Wildman–Crippen LogP) is 3.88. The Labute approximate surface area is 246 Å². The van der Waals surface area contributed by atoms with Crippen LogP contribution in [0.1, 0.15) is 46.0 Å². The lowest BCUT2D eigenvalue weighted by molar-refractivity contribution is -0.200. The van der Waals surface area contributed by atoms with Gasteiger partial charge in [0.05, 0.1) is 12.7 Å². The van der Waals surface area contributed by atoms with E-state index in [0.717, 1.165) is 30.6 Å². The molecule has 3 aromatic carbocycles. The van der Waals surface area contributed by atoms with Crippen LogP contribution in [0.15, 0.2) is 58.3 Å². The molecule has 3 aliphatic rings. The summed E-state index contributed by atoms with van der Waals surface area (Å²) in [5.74, 6) is 6.20. The van der Waals surface area contributed by atoms with Crippen molar-refractivity contribution in [1.82, 2.24) is 9.55 Å². The maximum absolute atomic E-state index is 12.8. The van der Waals surface area contributed by atoms with Crippen LogP contribution in [0.2, 0.25) is 0 Å². The Kier molecular flexibility index (Phi) is 6.85. The molecule has 218 valence electrons. The fourth-order valence-corrected chi connectivity index (χ4v) is 6.88. The van der Waals surface area contributed by atoms with Gasteiger partial charge in [-0.05, 0) is 62.7 Å². The normalized spacial score (nSPS) is 21.6. The first-order chi connectivity index (χ1) is 20.7. The maximum Gasteiger partial charge on any atom is 0.330 e. The van der Waals surface area contributed by atoms with Crippen molar-refractivity contribution in [2.24, 2.45) is 0 Å². The number of rotatable bonds is 5. The molecule has 9 nitrogen and oxygen atoms in total. The Morgan fingerprint density at radius 1 is 1.05 bits per heavy atom. The van der Waals surface area contributed by atoms with E-state index in [0.29, 0.717) is 0 Å². The van der Waals surface area contributed by atoms with Gasteiger partial charge in [-0.3, -0.25) is 14.3 Å². The van der Waals surface area contributed by atoms with Gasteiger partial charge >= 0.3 is 5.69 Å². The van der Waals surface area contributed by atoms with Crippen LogP contribution in [0.25, 0.3) is 33.7 Å². The van der Waals surface area contributed by atoms with E-state index in [1.165, 1.54) is 56.1 Å². The minimum Gasteiger partial charge on any atom is -0.779 e. The SMILES string of the molecule is CO[C@@H]1C[C@H](n2cc(C#Cc3ccc4c5c6c(cccc6c6c4c3CC=C6)C=CC5)c(=O)[nH]c2=O)O[C@@H]1COP(C)(=O)[O-]. The number of H-pyrrole nitrogens is 1. The van der Waals surface area contributed by atoms with Gasteiger partial charge < -0.3 is 23.5 Å². The van der Waals surface area contributed by atoms with Gasteiger partial charge in [-0.25, -0.2) is 4.79 Å². The van der Waals surface area contributed by atoms with Gasteiger partial charge in [0.15, 0.2) is 0 Å². The molecular formula is C33H28N2O7P-. The zero-order valence-electron chi connectivity index (χ0n) is 23.6. The summed E-state index contributed by atoms with van der Waals surface area (Å²) >= 11 is 0. The Bertz CT molecular complexity index is 2110. The van der Waals surface area contributed by atoms with Crippen LogP contribution in [0, 0.1) is 11.8 Å². The molecule has 4 aromatic rings. The summed E-state index contributed by atoms with van der Waals surface area (Å²) in [6.07, 6.45) is 9.94. The van der Waals surface area contributed by atoms with Crippen molar-refractivity contribution < 1.29 is 23.5 Å². The lowest BCUT2D eigenvalue weighted by Crippen LogP contribution is -2.33. The fourth-order valence-electron chi connectivity index (χ4n) is 6.46. The summed E-state index contributed by atoms with van der Waals surface area (Å²) in [6.45, 7) is 0.734. The molecule has 1 fully saturated rings. The number of nitrogens with one attached hydrogen (secondary N) is 1. The summed E-state index contributed by atoms with van der Waals surface area (Å²) in [4.78, 5) is 39.4. The van der Waals surface area contributed by atoms with E-state index in [4.69, 9.17) is 14.0 Å². The zero-order chi connectivity index (χ0) is 29.9. The molecule has 1 aliphatic heterocycles. The molecule has 43 heavy (non-hydrogen) atoms. The first kappa shape index (κ1) is 27.8. The number of benzene rings is 3. The van der Waals surface area contributed by atoms with Crippen LogP contribution in [0.5, 0.6) is 0 Å². The third-order valence-electron chi connectivity index (χ3n) is 8.39. The zero-order valence-corrected chi connectivity index (χ0v) is 24.5.